The van der Waals surface area contributed by atoms with E-state index in [2.05, 4.69) is 5.32 Å². The third-order valence-electron chi connectivity index (χ3n) is 2.78. The molecule has 0 heterocycles. The van der Waals surface area contributed by atoms with Gasteiger partial charge in [-0.1, -0.05) is 6.92 Å². The van der Waals surface area contributed by atoms with Gasteiger partial charge >= 0.3 is 18.0 Å². The van der Waals surface area contributed by atoms with Crippen LogP contribution >= 0.6 is 0 Å². The molecule has 0 saturated carbocycles. The Labute approximate surface area is 119 Å². The molecule has 20 heavy (non-hydrogen) atoms. The number of likely N-dealkylation sites (N-methyl/N-ethyl adjacent to an activating group) is 1. The van der Waals surface area contributed by atoms with Crippen LogP contribution in [-0.4, -0.2) is 54.7 Å². The SMILES string of the molecule is CCOC(=O)CN(C)C(=O)NCCC(C)CCC(=O)O. The maximum atomic E-state index is 11.6. The monoisotopic (exact) mass is 288 g/mol. The van der Waals surface area contributed by atoms with Crippen molar-refractivity contribution in [3.8, 4) is 0 Å². The summed E-state index contributed by atoms with van der Waals surface area (Å²) in [4.78, 5) is 34.5. The first-order chi connectivity index (χ1) is 9.36. The van der Waals surface area contributed by atoms with Gasteiger partial charge in [0.25, 0.3) is 0 Å². The number of amides is 2. The molecule has 0 aliphatic heterocycles. The fourth-order valence-electron chi connectivity index (χ4n) is 1.55. The molecule has 0 fully saturated rings. The average molecular weight is 288 g/mol. The van der Waals surface area contributed by atoms with Gasteiger partial charge in [0.05, 0.1) is 6.61 Å². The number of rotatable bonds is 9. The summed E-state index contributed by atoms with van der Waals surface area (Å²) in [5, 5.41) is 11.2. The number of esters is 1. The third kappa shape index (κ3) is 9.18. The lowest BCUT2D eigenvalue weighted by Gasteiger charge is -2.17. The first-order valence-corrected chi connectivity index (χ1v) is 6.73. The zero-order valence-corrected chi connectivity index (χ0v) is 12.3. The van der Waals surface area contributed by atoms with Gasteiger partial charge in [0.2, 0.25) is 0 Å². The lowest BCUT2D eigenvalue weighted by molar-refractivity contribution is -0.143. The molecular formula is C13H24N2O5. The highest BCUT2D eigenvalue weighted by Crippen LogP contribution is 2.09. The van der Waals surface area contributed by atoms with Crippen LogP contribution in [0, 0.1) is 5.92 Å². The Morgan fingerprint density at radius 1 is 1.30 bits per heavy atom. The van der Waals surface area contributed by atoms with Crippen LogP contribution in [0.2, 0.25) is 0 Å². The van der Waals surface area contributed by atoms with E-state index in [0.717, 1.165) is 0 Å². The van der Waals surface area contributed by atoms with Gasteiger partial charge in [0.15, 0.2) is 0 Å². The zero-order valence-electron chi connectivity index (χ0n) is 12.3. The smallest absolute Gasteiger partial charge is 0.325 e. The largest absolute Gasteiger partial charge is 0.481 e. The molecule has 0 aromatic carbocycles. The van der Waals surface area contributed by atoms with Crippen molar-refractivity contribution in [2.45, 2.75) is 33.1 Å². The fraction of sp³-hybridized carbons (Fsp3) is 0.769. The van der Waals surface area contributed by atoms with Gasteiger partial charge in [-0.25, -0.2) is 4.79 Å². The minimum atomic E-state index is -0.810. The van der Waals surface area contributed by atoms with Crippen LogP contribution in [0.25, 0.3) is 0 Å². The van der Waals surface area contributed by atoms with E-state index >= 15 is 0 Å². The molecule has 0 aliphatic carbocycles. The Balaban J connectivity index is 3.81. The second-order valence-electron chi connectivity index (χ2n) is 4.72. The van der Waals surface area contributed by atoms with Crippen molar-refractivity contribution in [2.24, 2.45) is 5.92 Å². The van der Waals surface area contributed by atoms with Crippen LogP contribution in [0.5, 0.6) is 0 Å². The molecule has 0 rings (SSSR count). The molecule has 1 unspecified atom stereocenters. The molecule has 0 bridgehead atoms. The number of carboxylic acids is 1. The summed E-state index contributed by atoms with van der Waals surface area (Å²) in [5.74, 6) is -1.03. The van der Waals surface area contributed by atoms with E-state index < -0.39 is 11.9 Å². The topological polar surface area (TPSA) is 95.9 Å². The van der Waals surface area contributed by atoms with E-state index in [1.165, 1.54) is 11.9 Å². The number of hydrogen-bond donors (Lipinski definition) is 2. The van der Waals surface area contributed by atoms with Gasteiger partial charge in [-0.15, -0.1) is 0 Å². The van der Waals surface area contributed by atoms with Crippen molar-refractivity contribution in [1.29, 1.82) is 0 Å². The first-order valence-electron chi connectivity index (χ1n) is 6.73. The van der Waals surface area contributed by atoms with Crippen LogP contribution in [0.1, 0.15) is 33.1 Å². The lowest BCUT2D eigenvalue weighted by Crippen LogP contribution is -2.41. The molecule has 0 aromatic rings. The zero-order chi connectivity index (χ0) is 15.5. The molecule has 7 heteroatoms. The number of aliphatic carboxylic acids is 1. The van der Waals surface area contributed by atoms with Crippen LogP contribution in [0.4, 0.5) is 4.79 Å². The van der Waals surface area contributed by atoms with Gasteiger partial charge in [-0.3, -0.25) is 9.59 Å². The normalized spacial score (nSPS) is 11.6. The van der Waals surface area contributed by atoms with Crippen LogP contribution in [0.15, 0.2) is 0 Å². The third-order valence-corrected chi connectivity index (χ3v) is 2.78. The highest BCUT2D eigenvalue weighted by Gasteiger charge is 2.13. The molecule has 1 atom stereocenters. The summed E-state index contributed by atoms with van der Waals surface area (Å²) in [6.07, 6.45) is 1.42. The number of hydrogen-bond acceptors (Lipinski definition) is 4. The Bertz CT molecular complexity index is 333. The van der Waals surface area contributed by atoms with Crippen molar-refractivity contribution < 1.29 is 24.2 Å². The second kappa shape index (κ2) is 10.1. The van der Waals surface area contributed by atoms with Crippen LogP contribution < -0.4 is 5.32 Å². The Kier molecular flexibility index (Phi) is 9.15. The molecule has 0 saturated heterocycles. The van der Waals surface area contributed by atoms with Crippen LogP contribution in [-0.2, 0) is 14.3 Å². The lowest BCUT2D eigenvalue weighted by atomic mass is 10.0. The Hall–Kier alpha value is -1.79. The van der Waals surface area contributed by atoms with E-state index in [4.69, 9.17) is 9.84 Å². The van der Waals surface area contributed by atoms with Gasteiger partial charge in [-0.05, 0) is 25.7 Å². The fourth-order valence-corrected chi connectivity index (χ4v) is 1.55. The summed E-state index contributed by atoms with van der Waals surface area (Å²) >= 11 is 0. The van der Waals surface area contributed by atoms with E-state index in [1.54, 1.807) is 6.92 Å². The molecule has 2 N–H and O–H groups in total. The van der Waals surface area contributed by atoms with E-state index in [1.807, 2.05) is 6.92 Å². The number of urea groups is 1. The summed E-state index contributed by atoms with van der Waals surface area (Å²) < 4.78 is 4.74. The van der Waals surface area contributed by atoms with E-state index in [-0.39, 0.29) is 31.5 Å². The summed E-state index contributed by atoms with van der Waals surface area (Å²) in [7, 11) is 1.51. The number of ether oxygens (including phenoxy) is 1. The van der Waals surface area contributed by atoms with Crippen molar-refractivity contribution in [3.63, 3.8) is 0 Å². The van der Waals surface area contributed by atoms with Gasteiger partial charge in [0, 0.05) is 20.0 Å². The average Bonchev–Trinajstić information content (AvgIpc) is 2.36. The summed E-state index contributed by atoms with van der Waals surface area (Å²) in [6, 6.07) is -0.344. The quantitative estimate of drug-likeness (QED) is 0.619. The molecule has 0 spiro atoms. The maximum absolute atomic E-state index is 11.6. The minimum absolute atomic E-state index is 0.0890. The number of nitrogens with zero attached hydrogens (tertiary/aromatic N) is 1. The standard InChI is InChI=1S/C13H24N2O5/c1-4-20-12(18)9-15(3)13(19)14-8-7-10(2)5-6-11(16)17/h10H,4-9H2,1-3H3,(H,14,19)(H,16,17). The summed E-state index contributed by atoms with van der Waals surface area (Å²) in [5.41, 5.74) is 0. The molecule has 0 radical (unpaired) electrons. The predicted molar refractivity (Wildman–Crippen MR) is 73.3 cm³/mol. The van der Waals surface area contributed by atoms with Gasteiger partial charge in [0.1, 0.15) is 6.54 Å². The maximum Gasteiger partial charge on any atom is 0.325 e. The molecule has 7 nitrogen and oxygen atoms in total. The molecule has 2 amide bonds. The molecule has 116 valence electrons. The summed E-state index contributed by atoms with van der Waals surface area (Å²) in [6.45, 7) is 4.30. The van der Waals surface area contributed by atoms with Crippen molar-refractivity contribution in [1.82, 2.24) is 10.2 Å². The van der Waals surface area contributed by atoms with Crippen molar-refractivity contribution >= 4 is 18.0 Å². The number of carbonyl (C=O) groups is 3. The number of carboxylic acid groups (broad SMARTS) is 1. The first kappa shape index (κ1) is 18.2. The Morgan fingerprint density at radius 2 is 1.95 bits per heavy atom. The molecular weight excluding hydrogens is 264 g/mol. The van der Waals surface area contributed by atoms with Gasteiger partial charge in [-0.2, -0.15) is 0 Å². The number of nitrogens with one attached hydrogen (secondary N) is 1. The molecule has 0 aliphatic rings. The second-order valence-corrected chi connectivity index (χ2v) is 4.72. The highest BCUT2D eigenvalue weighted by molar-refractivity contribution is 5.80. The van der Waals surface area contributed by atoms with Crippen LogP contribution in [0.3, 0.4) is 0 Å². The van der Waals surface area contributed by atoms with Gasteiger partial charge < -0.3 is 20.1 Å². The Morgan fingerprint density at radius 3 is 2.50 bits per heavy atom. The number of carbonyl (C=O) groups excluding carboxylic acids is 2. The molecule has 0 aromatic heterocycles. The minimum Gasteiger partial charge on any atom is -0.481 e. The highest BCUT2D eigenvalue weighted by atomic mass is 16.5. The van der Waals surface area contributed by atoms with Crippen molar-refractivity contribution in [2.75, 3.05) is 26.7 Å². The van der Waals surface area contributed by atoms with E-state index in [9.17, 15) is 14.4 Å². The van der Waals surface area contributed by atoms with Crippen molar-refractivity contribution in [3.05, 3.63) is 0 Å². The predicted octanol–water partition coefficient (Wildman–Crippen LogP) is 1.08. The van der Waals surface area contributed by atoms with E-state index in [0.29, 0.717) is 19.4 Å².